The van der Waals surface area contributed by atoms with Gasteiger partial charge in [-0.15, -0.1) is 0 Å². The van der Waals surface area contributed by atoms with Crippen molar-refractivity contribution in [1.29, 1.82) is 0 Å². The molecule has 1 saturated carbocycles. The summed E-state index contributed by atoms with van der Waals surface area (Å²) >= 11 is 0. The number of amides is 1. The van der Waals surface area contributed by atoms with Crippen LogP contribution in [-0.2, 0) is 4.79 Å². The van der Waals surface area contributed by atoms with Gasteiger partial charge < -0.3 is 15.3 Å². The summed E-state index contributed by atoms with van der Waals surface area (Å²) in [5.74, 6) is 0.430. The SMILES string of the molecule is CN(C(=O)C1CCCCC1)[C@@H]1CNC[C@H]1O. The third-order valence-electron chi connectivity index (χ3n) is 3.95. The van der Waals surface area contributed by atoms with E-state index in [0.29, 0.717) is 6.54 Å². The molecular formula is C12H22N2O2. The molecule has 0 unspecified atom stereocenters. The number of β-amino-alcohol motifs (C(OH)–C–C–N with tert-alkyl or cyclic N) is 1. The van der Waals surface area contributed by atoms with Gasteiger partial charge in [0.05, 0.1) is 12.1 Å². The zero-order valence-corrected chi connectivity index (χ0v) is 9.98. The number of hydrogen-bond donors (Lipinski definition) is 2. The fraction of sp³-hybridized carbons (Fsp3) is 0.917. The molecule has 0 radical (unpaired) electrons. The van der Waals surface area contributed by atoms with Crippen LogP contribution >= 0.6 is 0 Å². The van der Waals surface area contributed by atoms with Gasteiger partial charge in [0.25, 0.3) is 0 Å². The second-order valence-corrected chi connectivity index (χ2v) is 5.08. The number of aliphatic hydroxyl groups is 1. The molecule has 0 aromatic carbocycles. The van der Waals surface area contributed by atoms with Crippen LogP contribution in [0.4, 0.5) is 0 Å². The van der Waals surface area contributed by atoms with E-state index < -0.39 is 6.10 Å². The van der Waals surface area contributed by atoms with Crippen molar-refractivity contribution in [3.05, 3.63) is 0 Å². The topological polar surface area (TPSA) is 52.6 Å². The van der Waals surface area contributed by atoms with Crippen molar-refractivity contribution in [2.45, 2.75) is 44.2 Å². The van der Waals surface area contributed by atoms with E-state index in [-0.39, 0.29) is 17.9 Å². The Morgan fingerprint density at radius 1 is 1.25 bits per heavy atom. The summed E-state index contributed by atoms with van der Waals surface area (Å²) in [6.07, 6.45) is 5.27. The van der Waals surface area contributed by atoms with Crippen LogP contribution in [0.25, 0.3) is 0 Å². The molecular weight excluding hydrogens is 204 g/mol. The molecule has 2 aliphatic rings. The van der Waals surface area contributed by atoms with Crippen molar-refractivity contribution >= 4 is 5.91 Å². The quantitative estimate of drug-likeness (QED) is 0.715. The molecule has 1 saturated heterocycles. The van der Waals surface area contributed by atoms with Crippen molar-refractivity contribution < 1.29 is 9.90 Å². The average Bonchev–Trinajstić information content (AvgIpc) is 2.75. The number of rotatable bonds is 2. The number of hydrogen-bond acceptors (Lipinski definition) is 3. The summed E-state index contributed by atoms with van der Waals surface area (Å²) in [5.41, 5.74) is 0. The maximum absolute atomic E-state index is 12.2. The Bertz CT molecular complexity index is 251. The van der Waals surface area contributed by atoms with Crippen molar-refractivity contribution in [3.8, 4) is 0 Å². The predicted molar refractivity (Wildman–Crippen MR) is 62.0 cm³/mol. The highest BCUT2D eigenvalue weighted by molar-refractivity contribution is 5.79. The summed E-state index contributed by atoms with van der Waals surface area (Å²) in [6.45, 7) is 1.32. The standard InChI is InChI=1S/C12H22N2O2/c1-14(10-7-13-8-11(10)15)12(16)9-5-3-2-4-6-9/h9-11,13,15H,2-8H2,1H3/t10-,11-/m1/s1. The van der Waals surface area contributed by atoms with Gasteiger partial charge >= 0.3 is 0 Å². The molecule has 4 nitrogen and oxygen atoms in total. The molecule has 0 bridgehead atoms. The summed E-state index contributed by atoms with van der Waals surface area (Å²) in [7, 11) is 1.83. The maximum atomic E-state index is 12.2. The van der Waals surface area contributed by atoms with Gasteiger partial charge in [0.1, 0.15) is 0 Å². The number of nitrogens with one attached hydrogen (secondary N) is 1. The first-order valence-electron chi connectivity index (χ1n) is 6.35. The summed E-state index contributed by atoms with van der Waals surface area (Å²) < 4.78 is 0. The van der Waals surface area contributed by atoms with E-state index in [1.165, 1.54) is 19.3 Å². The minimum Gasteiger partial charge on any atom is -0.390 e. The zero-order chi connectivity index (χ0) is 11.5. The zero-order valence-electron chi connectivity index (χ0n) is 9.98. The van der Waals surface area contributed by atoms with Crippen LogP contribution in [0, 0.1) is 5.92 Å². The molecule has 1 heterocycles. The van der Waals surface area contributed by atoms with E-state index in [4.69, 9.17) is 0 Å². The van der Waals surface area contributed by atoms with Crippen LogP contribution in [-0.4, -0.2) is 48.2 Å². The van der Waals surface area contributed by atoms with Gasteiger partial charge in [0, 0.05) is 26.1 Å². The van der Waals surface area contributed by atoms with Gasteiger partial charge in [-0.25, -0.2) is 0 Å². The van der Waals surface area contributed by atoms with Crippen molar-refractivity contribution in [3.63, 3.8) is 0 Å². The highest BCUT2D eigenvalue weighted by atomic mass is 16.3. The number of carbonyl (C=O) groups excluding carboxylic acids is 1. The molecule has 4 heteroatoms. The minimum atomic E-state index is -0.405. The molecule has 2 fully saturated rings. The van der Waals surface area contributed by atoms with Crippen LogP contribution in [0.2, 0.25) is 0 Å². The van der Waals surface area contributed by atoms with Gasteiger partial charge in [-0.2, -0.15) is 0 Å². The Kier molecular flexibility index (Phi) is 3.82. The smallest absolute Gasteiger partial charge is 0.225 e. The number of aliphatic hydroxyl groups excluding tert-OH is 1. The van der Waals surface area contributed by atoms with Gasteiger partial charge in [-0.3, -0.25) is 4.79 Å². The van der Waals surface area contributed by atoms with Crippen LogP contribution in [0.1, 0.15) is 32.1 Å². The van der Waals surface area contributed by atoms with E-state index in [0.717, 1.165) is 19.4 Å². The van der Waals surface area contributed by atoms with Crippen molar-refractivity contribution in [2.75, 3.05) is 20.1 Å². The molecule has 92 valence electrons. The third-order valence-corrected chi connectivity index (χ3v) is 3.95. The Hall–Kier alpha value is -0.610. The molecule has 0 aromatic rings. The van der Waals surface area contributed by atoms with Gasteiger partial charge in [0.15, 0.2) is 0 Å². The third kappa shape index (κ3) is 2.38. The highest BCUT2D eigenvalue weighted by Gasteiger charge is 2.34. The molecule has 16 heavy (non-hydrogen) atoms. The fourth-order valence-corrected chi connectivity index (χ4v) is 2.85. The lowest BCUT2D eigenvalue weighted by Crippen LogP contribution is -2.46. The van der Waals surface area contributed by atoms with Gasteiger partial charge in [0.2, 0.25) is 5.91 Å². The van der Waals surface area contributed by atoms with Crippen LogP contribution in [0.5, 0.6) is 0 Å². The number of likely N-dealkylation sites (N-methyl/N-ethyl adjacent to an activating group) is 1. The van der Waals surface area contributed by atoms with Crippen molar-refractivity contribution in [1.82, 2.24) is 10.2 Å². The van der Waals surface area contributed by atoms with E-state index in [1.807, 2.05) is 7.05 Å². The van der Waals surface area contributed by atoms with Gasteiger partial charge in [-0.05, 0) is 12.8 Å². The van der Waals surface area contributed by atoms with Crippen LogP contribution < -0.4 is 5.32 Å². The Morgan fingerprint density at radius 2 is 1.94 bits per heavy atom. The summed E-state index contributed by atoms with van der Waals surface area (Å²) in [4.78, 5) is 14.0. The molecule has 1 amide bonds. The largest absolute Gasteiger partial charge is 0.390 e. The lowest BCUT2D eigenvalue weighted by Gasteiger charge is -2.31. The van der Waals surface area contributed by atoms with E-state index in [1.54, 1.807) is 4.90 Å². The van der Waals surface area contributed by atoms with Crippen LogP contribution in [0.3, 0.4) is 0 Å². The number of nitrogens with zero attached hydrogens (tertiary/aromatic N) is 1. The molecule has 2 N–H and O–H groups in total. The summed E-state index contributed by atoms with van der Waals surface area (Å²) in [6, 6.07) is -0.0329. The van der Waals surface area contributed by atoms with Crippen LogP contribution in [0.15, 0.2) is 0 Å². The molecule has 2 rings (SSSR count). The highest BCUT2D eigenvalue weighted by Crippen LogP contribution is 2.26. The van der Waals surface area contributed by atoms with Crippen molar-refractivity contribution in [2.24, 2.45) is 5.92 Å². The predicted octanol–water partition coefficient (Wildman–Crippen LogP) is 0.358. The van der Waals surface area contributed by atoms with E-state index in [2.05, 4.69) is 5.32 Å². The second-order valence-electron chi connectivity index (χ2n) is 5.08. The minimum absolute atomic E-state index is 0.0329. The second kappa shape index (κ2) is 5.15. The van der Waals surface area contributed by atoms with E-state index >= 15 is 0 Å². The Labute approximate surface area is 97.0 Å². The molecule has 2 atom stereocenters. The molecule has 1 aliphatic carbocycles. The lowest BCUT2D eigenvalue weighted by atomic mass is 9.88. The monoisotopic (exact) mass is 226 g/mol. The number of carbonyl (C=O) groups is 1. The Morgan fingerprint density at radius 3 is 2.50 bits per heavy atom. The summed E-state index contributed by atoms with van der Waals surface area (Å²) in [5, 5.41) is 12.9. The maximum Gasteiger partial charge on any atom is 0.225 e. The average molecular weight is 226 g/mol. The first-order chi connectivity index (χ1) is 7.70. The fourth-order valence-electron chi connectivity index (χ4n) is 2.85. The van der Waals surface area contributed by atoms with E-state index in [9.17, 15) is 9.90 Å². The molecule has 1 aliphatic heterocycles. The molecule has 0 aromatic heterocycles. The molecule has 0 spiro atoms. The normalized spacial score (nSPS) is 31.6. The first-order valence-corrected chi connectivity index (χ1v) is 6.35. The first kappa shape index (κ1) is 11.9. The lowest BCUT2D eigenvalue weighted by molar-refractivity contribution is -0.138. The Balaban J connectivity index is 1.92. The van der Waals surface area contributed by atoms with Gasteiger partial charge in [-0.1, -0.05) is 19.3 Å².